The summed E-state index contributed by atoms with van der Waals surface area (Å²) in [6.45, 7) is 4.57. The summed E-state index contributed by atoms with van der Waals surface area (Å²) < 4.78 is 31.5. The topological polar surface area (TPSA) is 32.8 Å². The van der Waals surface area contributed by atoms with E-state index in [4.69, 9.17) is 4.74 Å². The summed E-state index contributed by atoms with van der Waals surface area (Å²) in [5.74, 6) is 0.0166. The van der Waals surface area contributed by atoms with Crippen molar-refractivity contribution in [3.63, 3.8) is 0 Å². The largest absolute Gasteiger partial charge is 0.494 e. The van der Waals surface area contributed by atoms with Crippen LogP contribution in [0.1, 0.15) is 23.2 Å². The highest BCUT2D eigenvalue weighted by Crippen LogP contribution is 2.13. The fourth-order valence-corrected chi connectivity index (χ4v) is 3.18. The highest BCUT2D eigenvalue weighted by molar-refractivity contribution is 5.94. The van der Waals surface area contributed by atoms with E-state index in [0.717, 1.165) is 32.5 Å². The van der Waals surface area contributed by atoms with Crippen molar-refractivity contribution in [3.8, 4) is 5.75 Å². The van der Waals surface area contributed by atoms with Crippen molar-refractivity contribution in [1.82, 2.24) is 9.80 Å². The first-order chi connectivity index (χ1) is 13.1. The van der Waals surface area contributed by atoms with Crippen LogP contribution in [-0.4, -0.2) is 55.0 Å². The van der Waals surface area contributed by atoms with Gasteiger partial charge in [-0.15, -0.1) is 0 Å². The summed E-state index contributed by atoms with van der Waals surface area (Å²) in [6.07, 6.45) is 1.77. The van der Waals surface area contributed by atoms with Gasteiger partial charge in [-0.2, -0.15) is 0 Å². The smallest absolute Gasteiger partial charge is 0.253 e. The van der Waals surface area contributed by atoms with E-state index in [2.05, 4.69) is 4.90 Å². The third-order valence-corrected chi connectivity index (χ3v) is 4.67. The van der Waals surface area contributed by atoms with E-state index in [1.54, 1.807) is 12.1 Å². The van der Waals surface area contributed by atoms with Crippen LogP contribution >= 0.6 is 0 Å². The summed E-state index contributed by atoms with van der Waals surface area (Å²) in [5.41, 5.74) is 0.526. The first-order valence-electron chi connectivity index (χ1n) is 9.27. The molecular formula is C21H24F2N2O2. The second kappa shape index (κ2) is 9.46. The molecule has 2 aromatic rings. The van der Waals surface area contributed by atoms with Gasteiger partial charge < -0.3 is 14.5 Å². The number of carbonyl (C=O) groups is 1. The van der Waals surface area contributed by atoms with Gasteiger partial charge in [-0.25, -0.2) is 8.78 Å². The molecule has 0 bridgehead atoms. The van der Waals surface area contributed by atoms with Gasteiger partial charge in [0.15, 0.2) is 0 Å². The third kappa shape index (κ3) is 5.76. The van der Waals surface area contributed by atoms with Crippen molar-refractivity contribution in [2.45, 2.75) is 12.8 Å². The first kappa shape index (κ1) is 19.3. The van der Waals surface area contributed by atoms with Gasteiger partial charge in [0.2, 0.25) is 0 Å². The molecule has 6 heteroatoms. The fraction of sp³-hybridized carbons (Fsp3) is 0.381. The van der Waals surface area contributed by atoms with Crippen LogP contribution in [0.15, 0.2) is 48.5 Å². The van der Waals surface area contributed by atoms with E-state index >= 15 is 0 Å². The minimum absolute atomic E-state index is 0.0449. The predicted octanol–water partition coefficient (Wildman–Crippen LogP) is 3.58. The van der Waals surface area contributed by atoms with Gasteiger partial charge in [-0.05, 0) is 67.9 Å². The molecule has 0 atom stereocenters. The Hall–Kier alpha value is -2.47. The molecule has 1 saturated heterocycles. The average Bonchev–Trinajstić information content (AvgIpc) is 2.92. The van der Waals surface area contributed by atoms with Gasteiger partial charge in [0.25, 0.3) is 5.91 Å². The van der Waals surface area contributed by atoms with Crippen molar-refractivity contribution in [2.24, 2.45) is 0 Å². The molecule has 0 spiro atoms. The van der Waals surface area contributed by atoms with Gasteiger partial charge in [0.1, 0.15) is 17.4 Å². The Kier molecular flexibility index (Phi) is 6.76. The molecule has 0 radical (unpaired) electrons. The van der Waals surface area contributed by atoms with E-state index in [9.17, 15) is 13.6 Å². The Balaban J connectivity index is 1.41. The summed E-state index contributed by atoms with van der Waals surface area (Å²) in [7, 11) is 0. The number of amides is 1. The van der Waals surface area contributed by atoms with Crippen molar-refractivity contribution < 1.29 is 18.3 Å². The normalized spacial score (nSPS) is 15.4. The lowest BCUT2D eigenvalue weighted by molar-refractivity contribution is 0.0761. The number of halogens is 2. The molecule has 0 aromatic heterocycles. The molecule has 144 valence electrons. The van der Waals surface area contributed by atoms with Crippen LogP contribution in [0.25, 0.3) is 0 Å². The molecular weight excluding hydrogens is 350 g/mol. The zero-order chi connectivity index (χ0) is 19.1. The molecule has 1 aliphatic heterocycles. The summed E-state index contributed by atoms with van der Waals surface area (Å²) >= 11 is 0. The van der Waals surface area contributed by atoms with Crippen LogP contribution in [0.3, 0.4) is 0 Å². The van der Waals surface area contributed by atoms with Crippen molar-refractivity contribution >= 4 is 5.91 Å². The van der Waals surface area contributed by atoms with Gasteiger partial charge in [0, 0.05) is 31.7 Å². The molecule has 0 N–H and O–H groups in total. The van der Waals surface area contributed by atoms with Crippen LogP contribution < -0.4 is 4.74 Å². The van der Waals surface area contributed by atoms with Crippen LogP contribution in [0.2, 0.25) is 0 Å². The van der Waals surface area contributed by atoms with E-state index in [-0.39, 0.29) is 17.5 Å². The van der Waals surface area contributed by atoms with Crippen LogP contribution in [0, 0.1) is 11.6 Å². The molecule has 2 aromatic carbocycles. The Morgan fingerprint density at radius 1 is 0.889 bits per heavy atom. The molecule has 4 nitrogen and oxygen atoms in total. The Morgan fingerprint density at radius 2 is 1.56 bits per heavy atom. The molecule has 1 aliphatic rings. The molecule has 0 aliphatic carbocycles. The lowest BCUT2D eigenvalue weighted by Gasteiger charge is -2.22. The molecule has 1 amide bonds. The number of nitrogens with zero attached hydrogens (tertiary/aromatic N) is 2. The molecule has 1 heterocycles. The Labute approximate surface area is 158 Å². The number of ether oxygens (including phenoxy) is 1. The van der Waals surface area contributed by atoms with Gasteiger partial charge in [-0.3, -0.25) is 4.79 Å². The minimum atomic E-state index is -0.337. The number of carbonyl (C=O) groups excluding carboxylic acids is 1. The lowest BCUT2D eigenvalue weighted by atomic mass is 10.2. The van der Waals surface area contributed by atoms with E-state index in [1.165, 1.54) is 36.4 Å². The third-order valence-electron chi connectivity index (χ3n) is 4.67. The van der Waals surface area contributed by atoms with Crippen molar-refractivity contribution in [2.75, 3.05) is 39.3 Å². The summed E-state index contributed by atoms with van der Waals surface area (Å²) in [6, 6.07) is 11.7. The van der Waals surface area contributed by atoms with E-state index in [1.807, 2.05) is 4.90 Å². The van der Waals surface area contributed by atoms with Gasteiger partial charge >= 0.3 is 0 Å². The molecule has 1 fully saturated rings. The van der Waals surface area contributed by atoms with E-state index < -0.39 is 0 Å². The molecule has 0 unspecified atom stereocenters. The maximum atomic E-state index is 13.0. The highest BCUT2D eigenvalue weighted by atomic mass is 19.1. The first-order valence-corrected chi connectivity index (χ1v) is 9.27. The molecule has 27 heavy (non-hydrogen) atoms. The van der Waals surface area contributed by atoms with Crippen molar-refractivity contribution in [3.05, 3.63) is 65.7 Å². The Morgan fingerprint density at radius 3 is 2.26 bits per heavy atom. The SMILES string of the molecule is O=C(c1ccc(F)cc1)N1CCCN(CCCOc2ccc(F)cc2)CC1. The quantitative estimate of drug-likeness (QED) is 0.725. The van der Waals surface area contributed by atoms with Gasteiger partial charge in [-0.1, -0.05) is 0 Å². The average molecular weight is 374 g/mol. The van der Waals surface area contributed by atoms with Crippen LogP contribution in [0.4, 0.5) is 8.78 Å². The zero-order valence-corrected chi connectivity index (χ0v) is 15.2. The van der Waals surface area contributed by atoms with Crippen molar-refractivity contribution in [1.29, 1.82) is 0 Å². The number of hydrogen-bond donors (Lipinski definition) is 0. The van der Waals surface area contributed by atoms with Crippen LogP contribution in [-0.2, 0) is 0 Å². The lowest BCUT2D eigenvalue weighted by Crippen LogP contribution is -2.35. The standard InChI is InChI=1S/C21H24F2N2O2/c22-18-5-3-17(4-6-18)21(26)25-13-1-11-24(14-15-25)12-2-16-27-20-9-7-19(23)8-10-20/h3-10H,1-2,11-16H2. The molecule has 0 saturated carbocycles. The maximum Gasteiger partial charge on any atom is 0.253 e. The second-order valence-electron chi connectivity index (χ2n) is 6.65. The Bertz CT molecular complexity index is 735. The predicted molar refractivity (Wildman–Crippen MR) is 99.9 cm³/mol. The zero-order valence-electron chi connectivity index (χ0n) is 15.2. The van der Waals surface area contributed by atoms with Crippen LogP contribution in [0.5, 0.6) is 5.75 Å². The number of hydrogen-bond acceptors (Lipinski definition) is 3. The maximum absolute atomic E-state index is 13.0. The number of benzene rings is 2. The van der Waals surface area contributed by atoms with E-state index in [0.29, 0.717) is 31.0 Å². The monoisotopic (exact) mass is 374 g/mol. The number of rotatable bonds is 6. The van der Waals surface area contributed by atoms with Gasteiger partial charge in [0.05, 0.1) is 6.61 Å². The molecule has 3 rings (SSSR count). The second-order valence-corrected chi connectivity index (χ2v) is 6.65. The fourth-order valence-electron chi connectivity index (χ4n) is 3.18. The highest BCUT2D eigenvalue weighted by Gasteiger charge is 2.20. The summed E-state index contributed by atoms with van der Waals surface area (Å²) in [4.78, 5) is 16.7. The summed E-state index contributed by atoms with van der Waals surface area (Å²) in [5, 5.41) is 0. The minimum Gasteiger partial charge on any atom is -0.494 e.